The first kappa shape index (κ1) is 16.4. The highest BCUT2D eigenvalue weighted by Crippen LogP contribution is 2.31. The second kappa shape index (κ2) is 7.67. The van der Waals surface area contributed by atoms with Gasteiger partial charge in [0.15, 0.2) is 0 Å². The number of carbonyl (C=O) groups excluding carboxylic acids is 1. The minimum absolute atomic E-state index is 0.0113. The fraction of sp³-hybridized carbons (Fsp3) is 0.923. The van der Waals surface area contributed by atoms with E-state index in [0.29, 0.717) is 25.4 Å². The lowest BCUT2D eigenvalue weighted by molar-refractivity contribution is -0.122. The average Bonchev–Trinajstić information content (AvgIpc) is 2.19. The van der Waals surface area contributed by atoms with Gasteiger partial charge in [-0.25, -0.2) is 0 Å². The van der Waals surface area contributed by atoms with Crippen LogP contribution in [-0.2, 0) is 4.79 Å². The minimum Gasteiger partial charge on any atom is -0.392 e. The van der Waals surface area contributed by atoms with Gasteiger partial charge >= 0.3 is 0 Å². The third-order valence-electron chi connectivity index (χ3n) is 3.05. The lowest BCUT2D eigenvalue weighted by atomic mass is 9.76. The van der Waals surface area contributed by atoms with Crippen LogP contribution in [0.3, 0.4) is 0 Å². The predicted molar refractivity (Wildman–Crippen MR) is 70.5 cm³/mol. The van der Waals surface area contributed by atoms with Crippen LogP contribution < -0.4 is 11.1 Å². The summed E-state index contributed by atoms with van der Waals surface area (Å²) in [5, 5.41) is 11.8. The van der Waals surface area contributed by atoms with Crippen LogP contribution in [-0.4, -0.2) is 30.2 Å². The van der Waals surface area contributed by atoms with Crippen molar-refractivity contribution in [3.05, 3.63) is 0 Å². The van der Waals surface area contributed by atoms with Crippen molar-refractivity contribution in [2.24, 2.45) is 17.1 Å². The first-order valence-electron chi connectivity index (χ1n) is 6.42. The highest BCUT2D eigenvalue weighted by molar-refractivity contribution is 5.75. The number of amides is 1. The Kier molecular flexibility index (Phi) is 7.39. The zero-order chi connectivity index (χ0) is 13.5. The van der Waals surface area contributed by atoms with E-state index in [1.54, 1.807) is 6.92 Å². The number of nitrogens with two attached hydrogens (primary N) is 1. The summed E-state index contributed by atoms with van der Waals surface area (Å²) < 4.78 is 0. The van der Waals surface area contributed by atoms with Gasteiger partial charge in [-0.15, -0.1) is 0 Å². The summed E-state index contributed by atoms with van der Waals surface area (Å²) in [6.45, 7) is 9.20. The molecule has 0 rings (SSSR count). The normalized spacial score (nSPS) is 15.4. The molecule has 0 aromatic rings. The van der Waals surface area contributed by atoms with Crippen molar-refractivity contribution in [2.45, 2.75) is 53.1 Å². The molecule has 0 saturated heterocycles. The molecule has 4 heteroatoms. The molecule has 0 aliphatic heterocycles. The minimum atomic E-state index is -0.485. The van der Waals surface area contributed by atoms with E-state index < -0.39 is 6.10 Å². The van der Waals surface area contributed by atoms with Crippen molar-refractivity contribution in [2.75, 3.05) is 13.1 Å². The molecule has 0 heterocycles. The monoisotopic (exact) mass is 244 g/mol. The lowest BCUT2D eigenvalue weighted by Crippen LogP contribution is -2.32. The highest BCUT2D eigenvalue weighted by Gasteiger charge is 2.24. The molecule has 0 aromatic carbocycles. The van der Waals surface area contributed by atoms with E-state index >= 15 is 0 Å². The Hall–Kier alpha value is -0.610. The molecule has 0 fully saturated rings. The van der Waals surface area contributed by atoms with Gasteiger partial charge in [-0.05, 0) is 37.6 Å². The summed E-state index contributed by atoms with van der Waals surface area (Å²) in [4.78, 5) is 11.5. The summed E-state index contributed by atoms with van der Waals surface area (Å²) >= 11 is 0. The average molecular weight is 244 g/mol. The van der Waals surface area contributed by atoms with Crippen LogP contribution in [0.15, 0.2) is 0 Å². The third kappa shape index (κ3) is 8.16. The Bertz CT molecular complexity index is 222. The molecule has 4 nitrogen and oxygen atoms in total. The quantitative estimate of drug-likeness (QED) is 0.631. The van der Waals surface area contributed by atoms with Gasteiger partial charge < -0.3 is 16.2 Å². The zero-order valence-corrected chi connectivity index (χ0v) is 11.6. The van der Waals surface area contributed by atoms with E-state index in [1.165, 1.54) is 0 Å². The lowest BCUT2D eigenvalue weighted by Gasteiger charge is -2.30. The van der Waals surface area contributed by atoms with Crippen LogP contribution in [0.1, 0.15) is 47.0 Å². The predicted octanol–water partition coefficient (Wildman–Crippen LogP) is 1.27. The van der Waals surface area contributed by atoms with Crippen LogP contribution in [0, 0.1) is 11.3 Å². The van der Waals surface area contributed by atoms with Gasteiger partial charge in [-0.1, -0.05) is 20.8 Å². The number of aliphatic hydroxyl groups excluding tert-OH is 1. The van der Waals surface area contributed by atoms with Crippen molar-refractivity contribution in [1.29, 1.82) is 0 Å². The van der Waals surface area contributed by atoms with Crippen molar-refractivity contribution >= 4 is 5.91 Å². The fourth-order valence-corrected chi connectivity index (χ4v) is 1.87. The molecule has 0 aromatic heterocycles. The van der Waals surface area contributed by atoms with Crippen molar-refractivity contribution in [1.82, 2.24) is 5.32 Å². The number of carbonyl (C=O) groups is 1. The molecule has 0 bridgehead atoms. The van der Waals surface area contributed by atoms with E-state index in [4.69, 9.17) is 10.8 Å². The third-order valence-corrected chi connectivity index (χ3v) is 3.05. The maximum Gasteiger partial charge on any atom is 0.220 e. The van der Waals surface area contributed by atoms with E-state index in [0.717, 1.165) is 12.8 Å². The maximum atomic E-state index is 11.5. The topological polar surface area (TPSA) is 75.3 Å². The standard InChI is InChI=1S/C13H28N2O2/c1-10(16)9-15-12(17)6-5-11(7-8-14)13(2,3)4/h10-11,16H,5-9,14H2,1-4H3,(H,15,17)/t10-,11?/m1/s1. The van der Waals surface area contributed by atoms with E-state index in [9.17, 15) is 4.79 Å². The van der Waals surface area contributed by atoms with Crippen LogP contribution >= 0.6 is 0 Å². The van der Waals surface area contributed by atoms with Gasteiger partial charge in [-0.2, -0.15) is 0 Å². The number of hydrogen-bond acceptors (Lipinski definition) is 3. The molecule has 0 aliphatic rings. The zero-order valence-electron chi connectivity index (χ0n) is 11.6. The molecule has 0 saturated carbocycles. The van der Waals surface area contributed by atoms with Gasteiger partial charge in [-0.3, -0.25) is 4.79 Å². The molecule has 2 atom stereocenters. The summed E-state index contributed by atoms with van der Waals surface area (Å²) in [5.74, 6) is 0.474. The molecule has 102 valence electrons. The summed E-state index contributed by atoms with van der Waals surface area (Å²) in [5.41, 5.74) is 5.78. The van der Waals surface area contributed by atoms with Gasteiger partial charge in [0, 0.05) is 13.0 Å². The maximum absolute atomic E-state index is 11.5. The fourth-order valence-electron chi connectivity index (χ4n) is 1.87. The molecule has 1 amide bonds. The van der Waals surface area contributed by atoms with E-state index in [2.05, 4.69) is 26.1 Å². The molecular formula is C13H28N2O2. The Morgan fingerprint density at radius 2 is 1.94 bits per heavy atom. The first-order chi connectivity index (χ1) is 7.77. The molecule has 0 aliphatic carbocycles. The van der Waals surface area contributed by atoms with E-state index in [1.807, 2.05) is 0 Å². The van der Waals surface area contributed by atoms with Crippen LogP contribution in [0.2, 0.25) is 0 Å². The van der Waals surface area contributed by atoms with Crippen LogP contribution in [0.25, 0.3) is 0 Å². The van der Waals surface area contributed by atoms with Crippen molar-refractivity contribution in [3.8, 4) is 0 Å². The summed E-state index contributed by atoms with van der Waals surface area (Å²) in [6, 6.07) is 0. The summed E-state index contributed by atoms with van der Waals surface area (Å²) in [6.07, 6.45) is 1.83. The number of rotatable bonds is 7. The van der Waals surface area contributed by atoms with Crippen molar-refractivity contribution < 1.29 is 9.90 Å². The molecule has 0 radical (unpaired) electrons. The SMILES string of the molecule is C[C@@H](O)CNC(=O)CCC(CCN)C(C)(C)C. The van der Waals surface area contributed by atoms with Crippen molar-refractivity contribution in [3.63, 3.8) is 0 Å². The molecule has 0 spiro atoms. The van der Waals surface area contributed by atoms with Crippen LogP contribution in [0.4, 0.5) is 0 Å². The summed E-state index contributed by atoms with van der Waals surface area (Å²) in [7, 11) is 0. The Morgan fingerprint density at radius 3 is 2.35 bits per heavy atom. The highest BCUT2D eigenvalue weighted by atomic mass is 16.3. The van der Waals surface area contributed by atoms with Gasteiger partial charge in [0.2, 0.25) is 5.91 Å². The van der Waals surface area contributed by atoms with Gasteiger partial charge in [0.25, 0.3) is 0 Å². The molecule has 1 unspecified atom stereocenters. The second-order valence-corrected chi connectivity index (χ2v) is 5.83. The van der Waals surface area contributed by atoms with Crippen LogP contribution in [0.5, 0.6) is 0 Å². The van der Waals surface area contributed by atoms with Gasteiger partial charge in [0.05, 0.1) is 6.10 Å². The molecule has 17 heavy (non-hydrogen) atoms. The molecule has 4 N–H and O–H groups in total. The molecular weight excluding hydrogens is 216 g/mol. The Balaban J connectivity index is 4.00. The Labute approximate surface area is 105 Å². The first-order valence-corrected chi connectivity index (χ1v) is 6.42. The van der Waals surface area contributed by atoms with Gasteiger partial charge in [0.1, 0.15) is 0 Å². The largest absolute Gasteiger partial charge is 0.392 e. The second-order valence-electron chi connectivity index (χ2n) is 5.83. The number of nitrogens with one attached hydrogen (secondary N) is 1. The Morgan fingerprint density at radius 1 is 1.35 bits per heavy atom. The number of hydrogen-bond donors (Lipinski definition) is 3. The number of aliphatic hydroxyl groups is 1. The van der Waals surface area contributed by atoms with E-state index in [-0.39, 0.29) is 11.3 Å². The smallest absolute Gasteiger partial charge is 0.220 e.